The molecule has 0 bridgehead atoms. The molecule has 0 saturated heterocycles. The Balaban J connectivity index is 2.34. The van der Waals surface area contributed by atoms with Gasteiger partial charge in [-0.3, -0.25) is 0 Å². The topological polar surface area (TPSA) is 12.0 Å². The van der Waals surface area contributed by atoms with Crippen LogP contribution in [0.3, 0.4) is 0 Å². The van der Waals surface area contributed by atoms with Gasteiger partial charge in [0.15, 0.2) is 0 Å². The van der Waals surface area contributed by atoms with E-state index in [9.17, 15) is 0 Å². The van der Waals surface area contributed by atoms with Gasteiger partial charge in [0.05, 0.1) is 10.0 Å². The van der Waals surface area contributed by atoms with Gasteiger partial charge in [-0.15, -0.1) is 0 Å². The summed E-state index contributed by atoms with van der Waals surface area (Å²) in [6.07, 6.45) is 0.756. The summed E-state index contributed by atoms with van der Waals surface area (Å²) in [5, 5.41) is 5.25. The van der Waals surface area contributed by atoms with Crippen LogP contribution in [-0.4, -0.2) is 7.05 Å². The van der Waals surface area contributed by atoms with E-state index in [-0.39, 0.29) is 6.04 Å². The van der Waals surface area contributed by atoms with Gasteiger partial charge in [-0.1, -0.05) is 46.9 Å². The lowest BCUT2D eigenvalue weighted by Crippen LogP contribution is -2.20. The van der Waals surface area contributed by atoms with Crippen molar-refractivity contribution in [2.45, 2.75) is 12.5 Å². The maximum Gasteiger partial charge on any atom is 0.0624 e. The van der Waals surface area contributed by atoms with E-state index in [0.717, 1.165) is 22.6 Å². The minimum Gasteiger partial charge on any atom is -0.313 e. The fourth-order valence-corrected chi connectivity index (χ4v) is 3.36. The number of nitrogens with one attached hydrogen (secondary N) is 1. The van der Waals surface area contributed by atoms with Crippen molar-refractivity contribution in [3.8, 4) is 0 Å². The molecule has 0 heterocycles. The Hall–Kier alpha value is -0.000000000000000111. The lowest BCUT2D eigenvalue weighted by atomic mass is 9.99. The lowest BCUT2D eigenvalue weighted by Gasteiger charge is -2.19. The smallest absolute Gasteiger partial charge is 0.0624 e. The first-order valence-electron chi connectivity index (χ1n) is 6.08. The van der Waals surface area contributed by atoms with Crippen LogP contribution in [0, 0.1) is 3.57 Å². The number of halogens is 4. The van der Waals surface area contributed by atoms with Crippen LogP contribution in [0.5, 0.6) is 0 Å². The van der Waals surface area contributed by atoms with E-state index in [1.165, 1.54) is 3.57 Å². The lowest BCUT2D eigenvalue weighted by molar-refractivity contribution is 0.589. The van der Waals surface area contributed by atoms with Crippen LogP contribution in [-0.2, 0) is 6.42 Å². The number of hydrogen-bond acceptors (Lipinski definition) is 1. The molecule has 2 aromatic carbocycles. The third-order valence-electron chi connectivity index (χ3n) is 3.14. The normalized spacial score (nSPS) is 12.4. The Morgan fingerprint density at radius 2 is 1.90 bits per heavy atom. The highest BCUT2D eigenvalue weighted by Crippen LogP contribution is 2.31. The van der Waals surface area contributed by atoms with Gasteiger partial charge in [-0.05, 0) is 71.5 Å². The third kappa shape index (κ3) is 3.80. The van der Waals surface area contributed by atoms with Gasteiger partial charge in [0.1, 0.15) is 0 Å². The first-order valence-corrected chi connectivity index (χ1v) is 8.29. The van der Waals surface area contributed by atoms with Gasteiger partial charge in [-0.25, -0.2) is 0 Å². The molecule has 20 heavy (non-hydrogen) atoms. The summed E-state index contributed by atoms with van der Waals surface area (Å²) < 4.78 is 1.17. The van der Waals surface area contributed by atoms with Crippen LogP contribution in [0.25, 0.3) is 0 Å². The molecule has 1 unspecified atom stereocenters. The Kier molecular flexibility index (Phi) is 5.99. The third-order valence-corrected chi connectivity index (χ3v) is 5.21. The van der Waals surface area contributed by atoms with E-state index in [1.54, 1.807) is 6.07 Å². The number of rotatable bonds is 4. The summed E-state index contributed by atoms with van der Waals surface area (Å²) in [4.78, 5) is 0. The Bertz CT molecular complexity index is 616. The zero-order valence-electron chi connectivity index (χ0n) is 10.8. The summed E-state index contributed by atoms with van der Waals surface area (Å²) in [7, 11) is 1.93. The second-order valence-corrected chi connectivity index (χ2v) is 6.81. The molecule has 0 spiro atoms. The molecule has 0 amide bonds. The van der Waals surface area contributed by atoms with Gasteiger partial charge in [-0.2, -0.15) is 0 Å². The molecule has 1 atom stereocenters. The van der Waals surface area contributed by atoms with Crippen LogP contribution < -0.4 is 5.32 Å². The molecule has 0 aliphatic heterocycles. The fraction of sp³-hybridized carbons (Fsp3) is 0.200. The van der Waals surface area contributed by atoms with Gasteiger partial charge in [0.25, 0.3) is 0 Å². The molecule has 0 aliphatic rings. The number of benzene rings is 2. The van der Waals surface area contributed by atoms with Crippen molar-refractivity contribution in [1.82, 2.24) is 5.32 Å². The molecule has 0 fully saturated rings. The van der Waals surface area contributed by atoms with Crippen LogP contribution in [0.4, 0.5) is 0 Å². The molecule has 106 valence electrons. The number of likely N-dealkylation sites (N-methyl/N-ethyl adjacent to an activating group) is 1. The minimum atomic E-state index is 0.136. The van der Waals surface area contributed by atoms with E-state index in [1.807, 2.05) is 37.4 Å². The van der Waals surface area contributed by atoms with Crippen molar-refractivity contribution in [1.29, 1.82) is 0 Å². The van der Waals surface area contributed by atoms with E-state index < -0.39 is 0 Å². The highest BCUT2D eigenvalue weighted by molar-refractivity contribution is 14.1. The van der Waals surface area contributed by atoms with Crippen LogP contribution in [0.1, 0.15) is 17.2 Å². The summed E-state index contributed by atoms with van der Waals surface area (Å²) in [5.74, 6) is 0. The summed E-state index contributed by atoms with van der Waals surface area (Å²) >= 11 is 20.7. The average molecular weight is 441 g/mol. The van der Waals surface area contributed by atoms with Gasteiger partial charge >= 0.3 is 0 Å². The van der Waals surface area contributed by atoms with Crippen molar-refractivity contribution in [2.75, 3.05) is 7.05 Å². The fourth-order valence-electron chi connectivity index (χ4n) is 2.08. The van der Waals surface area contributed by atoms with Gasteiger partial charge in [0, 0.05) is 14.6 Å². The molecular formula is C15H13Cl3IN. The second-order valence-electron chi connectivity index (χ2n) is 4.42. The van der Waals surface area contributed by atoms with Crippen molar-refractivity contribution in [3.63, 3.8) is 0 Å². The Morgan fingerprint density at radius 3 is 2.60 bits per heavy atom. The van der Waals surface area contributed by atoms with Crippen molar-refractivity contribution >= 4 is 57.4 Å². The predicted molar refractivity (Wildman–Crippen MR) is 96.1 cm³/mol. The first kappa shape index (κ1) is 16.4. The zero-order valence-corrected chi connectivity index (χ0v) is 15.2. The standard InChI is InChI=1S/C15H13Cl3IN/c1-20-14(11-8-10(16)5-6-13(11)19)7-9-3-2-4-12(17)15(9)18/h2-6,8,14,20H,7H2,1H3. The molecule has 0 aliphatic carbocycles. The van der Waals surface area contributed by atoms with Crippen LogP contribution in [0.2, 0.25) is 15.1 Å². The number of hydrogen-bond donors (Lipinski definition) is 1. The van der Waals surface area contributed by atoms with Crippen molar-refractivity contribution in [3.05, 3.63) is 66.2 Å². The highest BCUT2D eigenvalue weighted by Gasteiger charge is 2.16. The van der Waals surface area contributed by atoms with E-state index in [2.05, 4.69) is 27.9 Å². The monoisotopic (exact) mass is 439 g/mol. The van der Waals surface area contributed by atoms with E-state index in [4.69, 9.17) is 34.8 Å². The molecule has 1 N–H and O–H groups in total. The van der Waals surface area contributed by atoms with E-state index in [0.29, 0.717) is 10.0 Å². The quantitative estimate of drug-likeness (QED) is 0.597. The molecule has 2 rings (SSSR count). The molecule has 0 saturated carbocycles. The molecule has 1 nitrogen and oxygen atoms in total. The molecule has 0 radical (unpaired) electrons. The summed E-state index contributed by atoms with van der Waals surface area (Å²) in [6.45, 7) is 0. The summed E-state index contributed by atoms with van der Waals surface area (Å²) in [5.41, 5.74) is 2.19. The van der Waals surface area contributed by atoms with Crippen LogP contribution in [0.15, 0.2) is 36.4 Å². The SMILES string of the molecule is CNC(Cc1cccc(Cl)c1Cl)c1cc(Cl)ccc1I. The Morgan fingerprint density at radius 1 is 1.15 bits per heavy atom. The maximum absolute atomic E-state index is 6.27. The molecule has 0 aromatic heterocycles. The molecule has 2 aromatic rings. The molecule has 5 heteroatoms. The summed E-state index contributed by atoms with van der Waals surface area (Å²) in [6, 6.07) is 11.7. The van der Waals surface area contributed by atoms with Gasteiger partial charge < -0.3 is 5.32 Å². The minimum absolute atomic E-state index is 0.136. The van der Waals surface area contributed by atoms with Crippen molar-refractivity contribution in [2.24, 2.45) is 0 Å². The first-order chi connectivity index (χ1) is 9.52. The predicted octanol–water partition coefficient (Wildman–Crippen LogP) is 5.75. The van der Waals surface area contributed by atoms with Crippen LogP contribution >= 0.6 is 57.4 Å². The van der Waals surface area contributed by atoms with Gasteiger partial charge in [0.2, 0.25) is 0 Å². The Labute approximate surface area is 147 Å². The largest absolute Gasteiger partial charge is 0.313 e. The highest BCUT2D eigenvalue weighted by atomic mass is 127. The average Bonchev–Trinajstić information content (AvgIpc) is 2.43. The maximum atomic E-state index is 6.27. The zero-order chi connectivity index (χ0) is 14.7. The van der Waals surface area contributed by atoms with E-state index >= 15 is 0 Å². The second kappa shape index (κ2) is 7.32. The molecular weight excluding hydrogens is 427 g/mol. The van der Waals surface area contributed by atoms with Crippen molar-refractivity contribution < 1.29 is 0 Å².